The van der Waals surface area contributed by atoms with E-state index in [1.165, 1.54) is 62.4 Å². The minimum atomic E-state index is -3.96. The van der Waals surface area contributed by atoms with E-state index in [4.69, 9.17) is 0 Å². The van der Waals surface area contributed by atoms with E-state index in [9.17, 15) is 36.6 Å². The summed E-state index contributed by atoms with van der Waals surface area (Å²) in [4.78, 5) is 23.7. The van der Waals surface area contributed by atoms with Crippen molar-refractivity contribution >= 4 is 32.0 Å². The number of carboxylic acid groups (broad SMARTS) is 2. The predicted octanol–water partition coefficient (Wildman–Crippen LogP) is 1.97. The Hall–Kier alpha value is -3.06. The Bertz CT molecular complexity index is 1160. The summed E-state index contributed by atoms with van der Waals surface area (Å²) in [6.07, 6.45) is -0.859. The quantitative estimate of drug-likeness (QED) is 0.314. The second-order valence-electron chi connectivity index (χ2n) is 7.65. The smallest absolute Gasteiger partial charge is 0.332 e. The number of rotatable bonds is 12. The van der Waals surface area contributed by atoms with Crippen molar-refractivity contribution in [1.29, 1.82) is 0 Å². The van der Waals surface area contributed by atoms with Crippen molar-refractivity contribution in [3.8, 4) is 0 Å². The highest BCUT2D eigenvalue weighted by molar-refractivity contribution is 7.89. The van der Waals surface area contributed by atoms with Gasteiger partial charge in [0.1, 0.15) is 0 Å². The van der Waals surface area contributed by atoms with Crippen LogP contribution in [0.15, 0.2) is 81.6 Å². The van der Waals surface area contributed by atoms with Crippen LogP contribution in [0, 0.1) is 0 Å². The average Bonchev–Trinajstić information content (AvgIpc) is 2.76. The van der Waals surface area contributed by atoms with Crippen molar-refractivity contribution in [3.63, 3.8) is 0 Å². The number of hydrogen-bond donors (Lipinski definition) is 4. The van der Waals surface area contributed by atoms with Gasteiger partial charge in [0.15, 0.2) is 0 Å². The Balaban J connectivity index is 2.24. The standard InChI is InChI=1S/C22H26N2O8S2/c1-15(23-33(29,30)17-9-5-3-6-10-17)13-19(21(25)26)20(22(27)28)14-16(2)24-34(31,32)18-11-7-4-8-12-18/h3-12,15-16,23-24H,13-14H2,1-2H3,(H,25,26)(H,27,28)/t15-,16-/m1/s1. The van der Waals surface area contributed by atoms with Crippen LogP contribution in [0.3, 0.4) is 0 Å². The molecule has 0 saturated heterocycles. The summed E-state index contributed by atoms with van der Waals surface area (Å²) < 4.78 is 54.7. The van der Waals surface area contributed by atoms with Gasteiger partial charge in [-0.15, -0.1) is 0 Å². The molecule has 184 valence electrons. The van der Waals surface area contributed by atoms with Crippen molar-refractivity contribution in [2.75, 3.05) is 0 Å². The maximum atomic E-state index is 12.5. The summed E-state index contributed by atoms with van der Waals surface area (Å²) in [5, 5.41) is 19.3. The highest BCUT2D eigenvalue weighted by Gasteiger charge is 2.27. The lowest BCUT2D eigenvalue weighted by Crippen LogP contribution is -2.35. The fraction of sp³-hybridized carbons (Fsp3) is 0.273. The first kappa shape index (κ1) is 27.2. The van der Waals surface area contributed by atoms with Gasteiger partial charge in [-0.2, -0.15) is 0 Å². The minimum Gasteiger partial charge on any atom is -0.478 e. The van der Waals surface area contributed by atoms with Crippen LogP contribution < -0.4 is 9.44 Å². The molecule has 0 heterocycles. The Morgan fingerprint density at radius 2 is 0.971 bits per heavy atom. The molecule has 0 saturated carbocycles. The molecule has 2 rings (SSSR count). The van der Waals surface area contributed by atoms with E-state index in [1.807, 2.05) is 0 Å². The van der Waals surface area contributed by atoms with Gasteiger partial charge in [0.2, 0.25) is 20.0 Å². The van der Waals surface area contributed by atoms with Crippen molar-refractivity contribution in [1.82, 2.24) is 9.44 Å². The third-order valence-corrected chi connectivity index (χ3v) is 7.93. The van der Waals surface area contributed by atoms with Gasteiger partial charge in [0.25, 0.3) is 0 Å². The molecule has 0 aliphatic carbocycles. The summed E-state index contributed by atoms with van der Waals surface area (Å²) in [5.74, 6) is -3.08. The van der Waals surface area contributed by atoms with Crippen LogP contribution in [-0.4, -0.2) is 51.1 Å². The fourth-order valence-electron chi connectivity index (χ4n) is 3.24. The van der Waals surface area contributed by atoms with Crippen LogP contribution in [0.5, 0.6) is 0 Å². The highest BCUT2D eigenvalue weighted by atomic mass is 32.2. The van der Waals surface area contributed by atoms with Crippen molar-refractivity contribution in [2.45, 2.75) is 48.6 Å². The minimum absolute atomic E-state index is 0.0231. The summed E-state index contributed by atoms with van der Waals surface area (Å²) in [6.45, 7) is 2.81. The van der Waals surface area contributed by atoms with E-state index < -0.39 is 68.1 Å². The van der Waals surface area contributed by atoms with Gasteiger partial charge in [-0.05, 0) is 51.0 Å². The number of benzene rings is 2. The number of nitrogens with one attached hydrogen (secondary N) is 2. The molecule has 2 aromatic rings. The third-order valence-electron chi connectivity index (χ3n) is 4.72. The molecular formula is C22H26N2O8S2. The zero-order valence-electron chi connectivity index (χ0n) is 18.5. The van der Waals surface area contributed by atoms with E-state index in [-0.39, 0.29) is 9.79 Å². The third kappa shape index (κ3) is 7.48. The number of carboxylic acids is 2. The molecule has 0 amide bonds. The second-order valence-corrected chi connectivity index (χ2v) is 11.1. The molecule has 0 aliphatic heterocycles. The van der Waals surface area contributed by atoms with Crippen LogP contribution in [0.2, 0.25) is 0 Å². The Morgan fingerprint density at radius 1 is 0.676 bits per heavy atom. The van der Waals surface area contributed by atoms with E-state index in [1.54, 1.807) is 12.1 Å². The first-order chi connectivity index (χ1) is 15.8. The molecule has 2 atom stereocenters. The van der Waals surface area contributed by atoms with E-state index in [0.29, 0.717) is 0 Å². The lowest BCUT2D eigenvalue weighted by molar-refractivity contribution is -0.136. The van der Waals surface area contributed by atoms with Gasteiger partial charge < -0.3 is 10.2 Å². The molecule has 0 aliphatic rings. The number of sulfonamides is 2. The van der Waals surface area contributed by atoms with Crippen LogP contribution >= 0.6 is 0 Å². The fourth-order valence-corrected chi connectivity index (χ4v) is 5.77. The van der Waals surface area contributed by atoms with Crippen molar-refractivity contribution in [3.05, 3.63) is 71.8 Å². The molecular weight excluding hydrogens is 484 g/mol. The summed E-state index contributed by atoms with van der Waals surface area (Å²) in [5.41, 5.74) is -1.05. The van der Waals surface area contributed by atoms with Crippen LogP contribution in [0.4, 0.5) is 0 Å². The van der Waals surface area contributed by atoms with Crippen molar-refractivity contribution in [2.24, 2.45) is 0 Å². The predicted molar refractivity (Wildman–Crippen MR) is 124 cm³/mol. The van der Waals surface area contributed by atoms with Gasteiger partial charge in [0, 0.05) is 23.2 Å². The van der Waals surface area contributed by atoms with Gasteiger partial charge in [-0.1, -0.05) is 36.4 Å². The van der Waals surface area contributed by atoms with Crippen LogP contribution in [-0.2, 0) is 29.6 Å². The van der Waals surface area contributed by atoms with Gasteiger partial charge in [0.05, 0.1) is 9.79 Å². The molecule has 12 heteroatoms. The van der Waals surface area contributed by atoms with Crippen LogP contribution in [0.1, 0.15) is 26.7 Å². The molecule has 2 aromatic carbocycles. The van der Waals surface area contributed by atoms with E-state index in [0.717, 1.165) is 0 Å². The highest BCUT2D eigenvalue weighted by Crippen LogP contribution is 2.20. The van der Waals surface area contributed by atoms with Gasteiger partial charge in [-0.25, -0.2) is 35.9 Å². The Morgan fingerprint density at radius 3 is 1.24 bits per heavy atom. The molecule has 10 nitrogen and oxygen atoms in total. The zero-order valence-corrected chi connectivity index (χ0v) is 20.1. The summed E-state index contributed by atoms with van der Waals surface area (Å²) >= 11 is 0. The molecule has 0 unspecified atom stereocenters. The summed E-state index contributed by atoms with van der Waals surface area (Å²) in [7, 11) is -7.92. The summed E-state index contributed by atoms with van der Waals surface area (Å²) in [6, 6.07) is 13.0. The first-order valence-corrected chi connectivity index (χ1v) is 13.1. The molecule has 0 fully saturated rings. The van der Waals surface area contributed by atoms with Crippen LogP contribution in [0.25, 0.3) is 0 Å². The van der Waals surface area contributed by atoms with E-state index >= 15 is 0 Å². The monoisotopic (exact) mass is 510 g/mol. The lowest BCUT2D eigenvalue weighted by Gasteiger charge is -2.19. The molecule has 0 spiro atoms. The number of hydrogen-bond acceptors (Lipinski definition) is 6. The van der Waals surface area contributed by atoms with Gasteiger partial charge >= 0.3 is 11.9 Å². The maximum Gasteiger partial charge on any atom is 0.332 e. The number of aliphatic carboxylic acids is 2. The Kier molecular flexibility index (Phi) is 9.10. The number of carbonyl (C=O) groups is 2. The first-order valence-electron chi connectivity index (χ1n) is 10.2. The zero-order chi connectivity index (χ0) is 25.5. The maximum absolute atomic E-state index is 12.5. The largest absolute Gasteiger partial charge is 0.478 e. The molecule has 4 N–H and O–H groups in total. The lowest BCUT2D eigenvalue weighted by atomic mass is 9.97. The average molecular weight is 511 g/mol. The topological polar surface area (TPSA) is 167 Å². The molecule has 0 radical (unpaired) electrons. The molecule has 34 heavy (non-hydrogen) atoms. The van der Waals surface area contributed by atoms with E-state index in [2.05, 4.69) is 9.44 Å². The molecule has 0 aromatic heterocycles. The van der Waals surface area contributed by atoms with Gasteiger partial charge in [-0.3, -0.25) is 0 Å². The Labute approximate surface area is 198 Å². The molecule has 0 bridgehead atoms. The normalized spacial score (nSPS) is 14.6. The SMILES string of the molecule is C[C@H](CC(C(=O)O)=C(C[C@@H](C)NS(=O)(=O)c1ccccc1)C(=O)O)NS(=O)(=O)c1ccccc1. The van der Waals surface area contributed by atoms with Crippen molar-refractivity contribution < 1.29 is 36.6 Å². The second kappa shape index (κ2) is 11.4.